The summed E-state index contributed by atoms with van der Waals surface area (Å²) >= 11 is 5.86. The lowest BCUT2D eigenvalue weighted by Crippen LogP contribution is -2.15. The summed E-state index contributed by atoms with van der Waals surface area (Å²) in [5.41, 5.74) is 9.25. The summed E-state index contributed by atoms with van der Waals surface area (Å²) in [6.45, 7) is 2.93. The van der Waals surface area contributed by atoms with Gasteiger partial charge >= 0.3 is 0 Å². The maximum Gasteiger partial charge on any atom is 0.0722 e. The van der Waals surface area contributed by atoms with Crippen LogP contribution in [-0.2, 0) is 13.0 Å². The van der Waals surface area contributed by atoms with Gasteiger partial charge in [-0.1, -0.05) is 29.8 Å². The molecule has 3 rings (SSSR count). The maximum atomic E-state index is 6.26. The minimum atomic E-state index is -0.189. The van der Waals surface area contributed by atoms with Crippen molar-refractivity contribution in [2.24, 2.45) is 5.73 Å². The van der Waals surface area contributed by atoms with E-state index in [-0.39, 0.29) is 6.04 Å². The van der Waals surface area contributed by atoms with Crippen molar-refractivity contribution >= 4 is 22.5 Å². The number of aromatic nitrogens is 3. The predicted molar refractivity (Wildman–Crippen MR) is 85.3 cm³/mol. The fraction of sp³-hybridized carbons (Fsp3) is 0.250. The van der Waals surface area contributed by atoms with Crippen LogP contribution in [0.5, 0.6) is 0 Å². The third kappa shape index (κ3) is 2.77. The van der Waals surface area contributed by atoms with Gasteiger partial charge in [0.05, 0.1) is 28.0 Å². The predicted octanol–water partition coefficient (Wildman–Crippen LogP) is 3.35. The minimum absolute atomic E-state index is 0.189. The van der Waals surface area contributed by atoms with Crippen molar-refractivity contribution in [2.45, 2.75) is 25.9 Å². The number of hydrogen-bond acceptors (Lipinski definition) is 3. The molecule has 0 spiro atoms. The first-order valence-corrected chi connectivity index (χ1v) is 7.38. The molecule has 0 amide bonds. The van der Waals surface area contributed by atoms with Gasteiger partial charge in [0.15, 0.2) is 0 Å². The topological polar surface area (TPSA) is 56.7 Å². The first-order valence-electron chi connectivity index (χ1n) is 7.00. The van der Waals surface area contributed by atoms with E-state index in [1.807, 2.05) is 28.9 Å². The van der Waals surface area contributed by atoms with Crippen LogP contribution in [0.4, 0.5) is 0 Å². The molecule has 0 bridgehead atoms. The van der Waals surface area contributed by atoms with Crippen LogP contribution in [0.25, 0.3) is 10.9 Å². The van der Waals surface area contributed by atoms with Gasteiger partial charge in [0.2, 0.25) is 0 Å². The lowest BCUT2D eigenvalue weighted by atomic mass is 10.1. The van der Waals surface area contributed by atoms with Crippen LogP contribution in [0.2, 0.25) is 5.02 Å². The van der Waals surface area contributed by atoms with Gasteiger partial charge in [-0.2, -0.15) is 5.10 Å². The number of nitrogens with zero attached hydrogens (tertiary/aromatic N) is 3. The highest BCUT2D eigenvalue weighted by Gasteiger charge is 2.15. The highest BCUT2D eigenvalue weighted by Crippen LogP contribution is 2.23. The largest absolute Gasteiger partial charge is 0.322 e. The van der Waals surface area contributed by atoms with Gasteiger partial charge in [-0.05, 0) is 25.1 Å². The third-order valence-corrected chi connectivity index (χ3v) is 3.80. The standard InChI is InChI=1S/C16H17ClN4/c1-2-21-16-6-4-3-5-12(16)15(20-21)9-13(18)14-8-7-11(17)10-19-14/h3-8,10,13H,2,9,18H2,1H3. The van der Waals surface area contributed by atoms with Gasteiger partial charge in [0, 0.05) is 24.5 Å². The number of aryl methyl sites for hydroxylation is 1. The van der Waals surface area contributed by atoms with Crippen LogP contribution in [0, 0.1) is 0 Å². The number of nitrogens with two attached hydrogens (primary N) is 1. The maximum absolute atomic E-state index is 6.26. The molecular weight excluding hydrogens is 284 g/mol. The molecule has 0 aliphatic rings. The van der Waals surface area contributed by atoms with Crippen LogP contribution in [0.3, 0.4) is 0 Å². The van der Waals surface area contributed by atoms with Crippen molar-refractivity contribution in [2.75, 3.05) is 0 Å². The molecule has 21 heavy (non-hydrogen) atoms. The fourth-order valence-corrected chi connectivity index (χ4v) is 2.62. The molecule has 0 aliphatic heterocycles. The Morgan fingerprint density at radius 2 is 2.05 bits per heavy atom. The Labute approximate surface area is 128 Å². The van der Waals surface area contributed by atoms with Crippen LogP contribution in [0.15, 0.2) is 42.6 Å². The first-order chi connectivity index (χ1) is 10.2. The normalized spacial score (nSPS) is 12.7. The van der Waals surface area contributed by atoms with E-state index in [1.54, 1.807) is 6.20 Å². The van der Waals surface area contributed by atoms with E-state index < -0.39 is 0 Å². The Morgan fingerprint density at radius 1 is 1.24 bits per heavy atom. The highest BCUT2D eigenvalue weighted by atomic mass is 35.5. The van der Waals surface area contributed by atoms with E-state index in [1.165, 1.54) is 0 Å². The number of hydrogen-bond donors (Lipinski definition) is 1. The Kier molecular flexibility index (Phi) is 3.90. The van der Waals surface area contributed by atoms with E-state index in [4.69, 9.17) is 17.3 Å². The molecule has 2 heterocycles. The minimum Gasteiger partial charge on any atom is -0.322 e. The summed E-state index contributed by atoms with van der Waals surface area (Å²) < 4.78 is 2.01. The Balaban J connectivity index is 1.92. The van der Waals surface area contributed by atoms with Gasteiger partial charge in [-0.25, -0.2) is 0 Å². The zero-order chi connectivity index (χ0) is 14.8. The summed E-state index contributed by atoms with van der Waals surface area (Å²) in [4.78, 5) is 4.29. The van der Waals surface area contributed by atoms with Crippen molar-refractivity contribution in [3.8, 4) is 0 Å². The van der Waals surface area contributed by atoms with Crippen LogP contribution >= 0.6 is 11.6 Å². The zero-order valence-electron chi connectivity index (χ0n) is 11.8. The summed E-state index contributed by atoms with van der Waals surface area (Å²) in [5, 5.41) is 6.45. The molecule has 0 radical (unpaired) electrons. The molecule has 0 aliphatic carbocycles. The number of para-hydroxylation sites is 1. The molecule has 0 saturated carbocycles. The number of pyridine rings is 1. The first kappa shape index (κ1) is 14.0. The van der Waals surface area contributed by atoms with Gasteiger partial charge in [-0.3, -0.25) is 9.67 Å². The van der Waals surface area contributed by atoms with Gasteiger partial charge in [0.25, 0.3) is 0 Å². The molecule has 0 fully saturated rings. The SMILES string of the molecule is CCn1nc(CC(N)c2ccc(Cl)cn2)c2ccccc21. The van der Waals surface area contributed by atoms with Crippen molar-refractivity contribution in [1.82, 2.24) is 14.8 Å². The van der Waals surface area contributed by atoms with Crippen LogP contribution in [-0.4, -0.2) is 14.8 Å². The summed E-state index contributed by atoms with van der Waals surface area (Å²) in [7, 11) is 0. The Bertz CT molecular complexity index is 749. The van der Waals surface area contributed by atoms with Gasteiger partial charge in [0.1, 0.15) is 0 Å². The molecular formula is C16H17ClN4. The van der Waals surface area contributed by atoms with E-state index in [2.05, 4.69) is 29.1 Å². The molecule has 1 unspecified atom stereocenters. The Hall–Kier alpha value is -1.91. The zero-order valence-corrected chi connectivity index (χ0v) is 12.6. The summed E-state index contributed by atoms with van der Waals surface area (Å²) in [5.74, 6) is 0. The van der Waals surface area contributed by atoms with Crippen LogP contribution in [0.1, 0.15) is 24.4 Å². The summed E-state index contributed by atoms with van der Waals surface area (Å²) in [6.07, 6.45) is 2.28. The van der Waals surface area contributed by atoms with Crippen molar-refractivity contribution in [3.05, 3.63) is 59.0 Å². The summed E-state index contributed by atoms with van der Waals surface area (Å²) in [6, 6.07) is 11.7. The van der Waals surface area contributed by atoms with Crippen molar-refractivity contribution < 1.29 is 0 Å². The number of fused-ring (bicyclic) bond motifs is 1. The van der Waals surface area contributed by atoms with Crippen molar-refractivity contribution in [1.29, 1.82) is 0 Å². The molecule has 1 aromatic carbocycles. The molecule has 3 aromatic rings. The fourth-order valence-electron chi connectivity index (χ4n) is 2.51. The second-order valence-electron chi connectivity index (χ2n) is 4.99. The molecule has 4 nitrogen and oxygen atoms in total. The van der Waals surface area contributed by atoms with Gasteiger partial charge in [-0.15, -0.1) is 0 Å². The molecule has 0 saturated heterocycles. The van der Waals surface area contributed by atoms with E-state index in [0.29, 0.717) is 11.4 Å². The number of rotatable bonds is 4. The average Bonchev–Trinajstić information content (AvgIpc) is 2.86. The number of benzene rings is 1. The van der Waals surface area contributed by atoms with E-state index >= 15 is 0 Å². The second kappa shape index (κ2) is 5.84. The molecule has 1 atom stereocenters. The molecule has 2 aromatic heterocycles. The third-order valence-electron chi connectivity index (χ3n) is 3.58. The number of halogens is 1. The Morgan fingerprint density at radius 3 is 2.76 bits per heavy atom. The molecule has 5 heteroatoms. The van der Waals surface area contributed by atoms with E-state index in [9.17, 15) is 0 Å². The monoisotopic (exact) mass is 300 g/mol. The quantitative estimate of drug-likeness (QED) is 0.804. The lowest BCUT2D eigenvalue weighted by molar-refractivity contribution is 0.634. The molecule has 108 valence electrons. The van der Waals surface area contributed by atoms with Crippen molar-refractivity contribution in [3.63, 3.8) is 0 Å². The smallest absolute Gasteiger partial charge is 0.0722 e. The molecule has 2 N–H and O–H groups in total. The van der Waals surface area contributed by atoms with E-state index in [0.717, 1.165) is 28.8 Å². The van der Waals surface area contributed by atoms with Crippen LogP contribution < -0.4 is 5.73 Å². The highest BCUT2D eigenvalue weighted by molar-refractivity contribution is 6.30. The van der Waals surface area contributed by atoms with Gasteiger partial charge < -0.3 is 5.73 Å². The second-order valence-corrected chi connectivity index (χ2v) is 5.43. The lowest BCUT2D eigenvalue weighted by Gasteiger charge is -2.09. The average molecular weight is 301 g/mol.